The van der Waals surface area contributed by atoms with Crippen LogP contribution in [0.4, 0.5) is 0 Å². The number of H-pyrrole nitrogens is 1. The summed E-state index contributed by atoms with van der Waals surface area (Å²) in [5.41, 5.74) is 0.736. The second-order valence-electron chi connectivity index (χ2n) is 5.83. The summed E-state index contributed by atoms with van der Waals surface area (Å²) in [6.45, 7) is 7.44. The van der Waals surface area contributed by atoms with Crippen LogP contribution in [0.25, 0.3) is 0 Å². The van der Waals surface area contributed by atoms with Crippen molar-refractivity contribution in [2.75, 3.05) is 6.54 Å². The molecule has 4 nitrogen and oxygen atoms in total. The fourth-order valence-corrected chi connectivity index (χ4v) is 4.24. The summed E-state index contributed by atoms with van der Waals surface area (Å²) in [7, 11) is 0. The number of hydrogen-bond acceptors (Lipinski definition) is 4. The minimum atomic E-state index is -0.0538. The topological polar surface area (TPSA) is 57.8 Å². The lowest BCUT2D eigenvalue weighted by Crippen LogP contribution is -2.42. The molecule has 2 N–H and O–H groups in total. The average Bonchev–Trinajstić information content (AvgIpc) is 2.36. The van der Waals surface area contributed by atoms with Gasteiger partial charge in [0.25, 0.3) is 5.56 Å². The minimum Gasteiger partial charge on any atom is -0.313 e. The van der Waals surface area contributed by atoms with E-state index in [9.17, 15) is 4.79 Å². The smallest absolute Gasteiger partial charge is 0.251 e. The molecule has 0 radical (unpaired) electrons. The van der Waals surface area contributed by atoms with E-state index >= 15 is 0 Å². The molecule has 5 heteroatoms. The highest BCUT2D eigenvalue weighted by Gasteiger charge is 2.29. The van der Waals surface area contributed by atoms with Gasteiger partial charge in [0.05, 0.1) is 0 Å². The van der Waals surface area contributed by atoms with Gasteiger partial charge in [0, 0.05) is 23.1 Å². The number of nitrogens with one attached hydrogen (secondary N) is 2. The van der Waals surface area contributed by atoms with Gasteiger partial charge in [0.1, 0.15) is 0 Å². The molecule has 3 unspecified atom stereocenters. The molecule has 1 saturated carbocycles. The fraction of sp³-hybridized carbons (Fsp3) is 0.733. The lowest BCUT2D eigenvalue weighted by Gasteiger charge is -2.34. The summed E-state index contributed by atoms with van der Waals surface area (Å²) < 4.78 is 0. The predicted molar refractivity (Wildman–Crippen MR) is 84.3 cm³/mol. The Kier molecular flexibility index (Phi) is 5.66. The van der Waals surface area contributed by atoms with Gasteiger partial charge in [-0.05, 0) is 45.1 Å². The van der Waals surface area contributed by atoms with E-state index in [4.69, 9.17) is 0 Å². The molecular weight excluding hydrogens is 270 g/mol. The van der Waals surface area contributed by atoms with Gasteiger partial charge < -0.3 is 10.3 Å². The quantitative estimate of drug-likeness (QED) is 0.820. The molecule has 0 saturated heterocycles. The summed E-state index contributed by atoms with van der Waals surface area (Å²) >= 11 is 1.73. The third-order valence-corrected chi connectivity index (χ3v) is 5.06. The Hall–Kier alpha value is -0.810. The van der Waals surface area contributed by atoms with E-state index in [-0.39, 0.29) is 5.56 Å². The van der Waals surface area contributed by atoms with E-state index in [0.717, 1.165) is 29.7 Å². The maximum Gasteiger partial charge on any atom is 0.251 e. The standard InChI is InChI=1S/C15H25N3OS/c1-4-7-16-12-6-5-10(2)8-13(12)20-15-17-11(3)9-14(19)18-15/h9-10,12-13,16H,4-8H2,1-3H3,(H,17,18,19). The molecule has 2 rings (SSSR count). The summed E-state index contributed by atoms with van der Waals surface area (Å²) in [5, 5.41) is 4.91. The first-order valence-electron chi connectivity index (χ1n) is 7.56. The predicted octanol–water partition coefficient (Wildman–Crippen LogP) is 2.73. The average molecular weight is 295 g/mol. The highest BCUT2D eigenvalue weighted by atomic mass is 32.2. The zero-order valence-electron chi connectivity index (χ0n) is 12.6. The van der Waals surface area contributed by atoms with Crippen molar-refractivity contribution in [2.45, 2.75) is 62.9 Å². The van der Waals surface area contributed by atoms with Crippen LogP contribution in [0.3, 0.4) is 0 Å². The fourth-order valence-electron chi connectivity index (χ4n) is 2.77. The number of hydrogen-bond donors (Lipinski definition) is 2. The summed E-state index contributed by atoms with van der Waals surface area (Å²) in [6.07, 6.45) is 4.84. The number of aromatic nitrogens is 2. The zero-order valence-corrected chi connectivity index (χ0v) is 13.4. The Morgan fingerprint density at radius 1 is 1.50 bits per heavy atom. The van der Waals surface area contributed by atoms with Crippen LogP contribution in [0.5, 0.6) is 0 Å². The van der Waals surface area contributed by atoms with Crippen molar-refractivity contribution in [1.29, 1.82) is 0 Å². The zero-order chi connectivity index (χ0) is 14.5. The number of thioether (sulfide) groups is 1. The molecule has 0 amide bonds. The molecule has 1 aromatic rings. The van der Waals surface area contributed by atoms with Crippen molar-refractivity contribution in [3.05, 3.63) is 22.1 Å². The Labute approximate surface area is 125 Å². The van der Waals surface area contributed by atoms with Crippen molar-refractivity contribution in [3.8, 4) is 0 Å². The first-order chi connectivity index (χ1) is 9.58. The largest absolute Gasteiger partial charge is 0.313 e. The second kappa shape index (κ2) is 7.27. The molecule has 0 aromatic carbocycles. The van der Waals surface area contributed by atoms with Crippen molar-refractivity contribution in [3.63, 3.8) is 0 Å². The molecule has 1 heterocycles. The van der Waals surface area contributed by atoms with Crippen LogP contribution in [0, 0.1) is 12.8 Å². The Balaban J connectivity index is 2.07. The maximum absolute atomic E-state index is 11.5. The Bertz CT molecular complexity index is 486. The van der Waals surface area contributed by atoms with Crippen LogP contribution in [-0.2, 0) is 0 Å². The highest BCUT2D eigenvalue weighted by molar-refractivity contribution is 7.99. The Morgan fingerprint density at radius 3 is 3.00 bits per heavy atom. The lowest BCUT2D eigenvalue weighted by molar-refractivity contribution is 0.317. The lowest BCUT2D eigenvalue weighted by atomic mass is 9.87. The van der Waals surface area contributed by atoms with E-state index in [2.05, 4.69) is 29.1 Å². The molecule has 1 fully saturated rings. The van der Waals surface area contributed by atoms with E-state index < -0.39 is 0 Å². The molecule has 1 aliphatic carbocycles. The maximum atomic E-state index is 11.5. The van der Waals surface area contributed by atoms with Crippen LogP contribution in [0.1, 0.15) is 45.2 Å². The van der Waals surface area contributed by atoms with Gasteiger partial charge in [-0.2, -0.15) is 0 Å². The molecule has 0 aliphatic heterocycles. The first kappa shape index (κ1) is 15.6. The number of aromatic amines is 1. The van der Waals surface area contributed by atoms with Crippen molar-refractivity contribution >= 4 is 11.8 Å². The van der Waals surface area contributed by atoms with Crippen molar-refractivity contribution < 1.29 is 0 Å². The van der Waals surface area contributed by atoms with Crippen LogP contribution < -0.4 is 10.9 Å². The third kappa shape index (κ3) is 4.35. The van der Waals surface area contributed by atoms with Crippen LogP contribution in [0.2, 0.25) is 0 Å². The summed E-state index contributed by atoms with van der Waals surface area (Å²) in [5.74, 6) is 0.753. The SMILES string of the molecule is CCCNC1CCC(C)CC1Sc1nc(C)cc(=O)[nH]1. The minimum absolute atomic E-state index is 0.0538. The van der Waals surface area contributed by atoms with Crippen LogP contribution in [0.15, 0.2) is 16.0 Å². The molecule has 1 aliphatic rings. The number of aryl methyl sites for hydroxylation is 1. The van der Waals surface area contributed by atoms with E-state index in [1.165, 1.54) is 19.3 Å². The van der Waals surface area contributed by atoms with E-state index in [1.807, 2.05) is 6.92 Å². The molecule has 3 atom stereocenters. The first-order valence-corrected chi connectivity index (χ1v) is 8.44. The molecule has 1 aromatic heterocycles. The second-order valence-corrected chi connectivity index (χ2v) is 7.05. The molecular formula is C15H25N3OS. The number of rotatable bonds is 5. The van der Waals surface area contributed by atoms with Gasteiger partial charge in [0.15, 0.2) is 5.16 Å². The molecule has 20 heavy (non-hydrogen) atoms. The van der Waals surface area contributed by atoms with Crippen molar-refractivity contribution in [1.82, 2.24) is 15.3 Å². The van der Waals surface area contributed by atoms with Crippen LogP contribution >= 0.6 is 11.8 Å². The van der Waals surface area contributed by atoms with Gasteiger partial charge in [-0.15, -0.1) is 0 Å². The number of nitrogens with zero attached hydrogens (tertiary/aromatic N) is 1. The monoisotopic (exact) mass is 295 g/mol. The van der Waals surface area contributed by atoms with Crippen LogP contribution in [-0.4, -0.2) is 27.8 Å². The van der Waals surface area contributed by atoms with E-state index in [1.54, 1.807) is 17.8 Å². The van der Waals surface area contributed by atoms with Gasteiger partial charge >= 0.3 is 0 Å². The summed E-state index contributed by atoms with van der Waals surface area (Å²) in [4.78, 5) is 18.8. The molecule has 0 bridgehead atoms. The molecule has 112 valence electrons. The third-order valence-electron chi connectivity index (χ3n) is 3.82. The van der Waals surface area contributed by atoms with Gasteiger partial charge in [-0.1, -0.05) is 25.6 Å². The van der Waals surface area contributed by atoms with Gasteiger partial charge in [-0.3, -0.25) is 4.79 Å². The molecule has 0 spiro atoms. The Morgan fingerprint density at radius 2 is 2.30 bits per heavy atom. The van der Waals surface area contributed by atoms with E-state index in [0.29, 0.717) is 11.3 Å². The van der Waals surface area contributed by atoms with Gasteiger partial charge in [-0.25, -0.2) is 4.98 Å². The summed E-state index contributed by atoms with van der Waals surface area (Å²) in [6, 6.07) is 2.07. The normalized spacial score (nSPS) is 26.6. The highest BCUT2D eigenvalue weighted by Crippen LogP contribution is 2.34. The van der Waals surface area contributed by atoms with Gasteiger partial charge in [0.2, 0.25) is 0 Å². The van der Waals surface area contributed by atoms with Crippen molar-refractivity contribution in [2.24, 2.45) is 5.92 Å².